The van der Waals surface area contributed by atoms with Gasteiger partial charge in [-0.05, 0) is 13.3 Å². The molecule has 0 bridgehead atoms. The molecule has 1 N–H and O–H groups in total. The molecule has 1 rings (SSSR count). The van der Waals surface area contributed by atoms with Crippen molar-refractivity contribution < 1.29 is 14.7 Å². The summed E-state index contributed by atoms with van der Waals surface area (Å²) < 4.78 is 0. The minimum Gasteiger partial charge on any atom is -0.480 e. The van der Waals surface area contributed by atoms with Crippen molar-refractivity contribution in [3.05, 3.63) is 0 Å². The van der Waals surface area contributed by atoms with E-state index in [0.29, 0.717) is 13.1 Å². The summed E-state index contributed by atoms with van der Waals surface area (Å²) in [4.78, 5) is 25.5. The zero-order valence-electron chi connectivity index (χ0n) is 9.27. The predicted octanol–water partition coefficient (Wildman–Crippen LogP) is 0.0137. The van der Waals surface area contributed by atoms with Gasteiger partial charge in [0, 0.05) is 32.6 Å². The van der Waals surface area contributed by atoms with Crippen LogP contribution < -0.4 is 0 Å². The highest BCUT2D eigenvalue weighted by molar-refractivity contribution is 5.73. The summed E-state index contributed by atoms with van der Waals surface area (Å²) in [6.45, 7) is 5.72. The Morgan fingerprint density at radius 1 is 1.53 bits per heavy atom. The van der Waals surface area contributed by atoms with Crippen LogP contribution in [0.15, 0.2) is 0 Å². The molecule has 1 atom stereocenters. The molecule has 5 nitrogen and oxygen atoms in total. The number of nitrogens with zero attached hydrogens (tertiary/aromatic N) is 2. The van der Waals surface area contributed by atoms with Gasteiger partial charge >= 0.3 is 5.97 Å². The Kier molecular flexibility index (Phi) is 4.08. The molecule has 1 aliphatic heterocycles. The highest BCUT2D eigenvalue weighted by Crippen LogP contribution is 2.15. The van der Waals surface area contributed by atoms with Crippen molar-refractivity contribution in [2.45, 2.75) is 26.3 Å². The number of amides is 1. The maximum atomic E-state index is 11.3. The maximum absolute atomic E-state index is 11.3. The first-order chi connectivity index (χ1) is 7.04. The van der Waals surface area contributed by atoms with Crippen LogP contribution in [-0.2, 0) is 9.59 Å². The highest BCUT2D eigenvalue weighted by Gasteiger charge is 2.28. The van der Waals surface area contributed by atoms with Crippen molar-refractivity contribution in [1.82, 2.24) is 9.80 Å². The molecule has 0 aromatic carbocycles. The topological polar surface area (TPSA) is 60.9 Å². The van der Waals surface area contributed by atoms with Crippen LogP contribution >= 0.6 is 0 Å². The third-order valence-corrected chi connectivity index (χ3v) is 2.79. The van der Waals surface area contributed by atoms with Gasteiger partial charge in [0.1, 0.15) is 0 Å². The summed E-state index contributed by atoms with van der Waals surface area (Å²) in [6.07, 6.45) is 0.876. The second-order valence-electron chi connectivity index (χ2n) is 3.88. The number of likely N-dealkylation sites (tertiary alicyclic amines) is 1. The van der Waals surface area contributed by atoms with Gasteiger partial charge in [-0.3, -0.25) is 14.5 Å². The first-order valence-electron chi connectivity index (χ1n) is 5.26. The monoisotopic (exact) mass is 214 g/mol. The molecule has 1 heterocycles. The van der Waals surface area contributed by atoms with Crippen LogP contribution in [0.1, 0.15) is 20.3 Å². The molecule has 0 spiro atoms. The molecule has 0 saturated carbocycles. The van der Waals surface area contributed by atoms with Crippen LogP contribution in [0, 0.1) is 0 Å². The minimum atomic E-state index is -0.804. The summed E-state index contributed by atoms with van der Waals surface area (Å²) in [5, 5.41) is 8.64. The van der Waals surface area contributed by atoms with Crippen molar-refractivity contribution in [3.8, 4) is 0 Å². The number of hydrogen-bond donors (Lipinski definition) is 1. The average Bonchev–Trinajstić information content (AvgIpc) is 2.52. The van der Waals surface area contributed by atoms with Crippen LogP contribution in [0.3, 0.4) is 0 Å². The van der Waals surface area contributed by atoms with E-state index >= 15 is 0 Å². The van der Waals surface area contributed by atoms with Gasteiger partial charge in [-0.15, -0.1) is 0 Å². The van der Waals surface area contributed by atoms with Gasteiger partial charge in [-0.25, -0.2) is 0 Å². The molecule has 5 heteroatoms. The number of hydrogen-bond acceptors (Lipinski definition) is 3. The third kappa shape index (κ3) is 3.20. The van der Waals surface area contributed by atoms with Crippen molar-refractivity contribution >= 4 is 11.9 Å². The van der Waals surface area contributed by atoms with E-state index in [4.69, 9.17) is 5.11 Å². The third-order valence-electron chi connectivity index (χ3n) is 2.79. The summed E-state index contributed by atoms with van der Waals surface area (Å²) in [6, 6.07) is 0.187. The molecule has 15 heavy (non-hydrogen) atoms. The van der Waals surface area contributed by atoms with E-state index in [2.05, 4.69) is 0 Å². The molecular weight excluding hydrogens is 196 g/mol. The molecule has 1 aliphatic rings. The fraction of sp³-hybridized carbons (Fsp3) is 0.800. The van der Waals surface area contributed by atoms with Gasteiger partial charge in [0.05, 0.1) is 6.54 Å². The normalized spacial score (nSPS) is 21.6. The average molecular weight is 214 g/mol. The van der Waals surface area contributed by atoms with Gasteiger partial charge in [0.25, 0.3) is 0 Å². The van der Waals surface area contributed by atoms with Crippen molar-refractivity contribution in [2.24, 2.45) is 0 Å². The largest absolute Gasteiger partial charge is 0.480 e. The highest BCUT2D eigenvalue weighted by atomic mass is 16.4. The van der Waals surface area contributed by atoms with Crippen LogP contribution in [-0.4, -0.2) is 59.0 Å². The Morgan fingerprint density at radius 2 is 2.20 bits per heavy atom. The zero-order chi connectivity index (χ0) is 11.4. The summed E-state index contributed by atoms with van der Waals surface area (Å²) in [5.41, 5.74) is 0. The minimum absolute atomic E-state index is 0.0691. The SMILES string of the molecule is CCN(C(C)=O)[C@@H]1CCN(CC(=O)O)C1. The second kappa shape index (κ2) is 5.11. The quantitative estimate of drug-likeness (QED) is 0.716. The van der Waals surface area contributed by atoms with Gasteiger partial charge in [-0.1, -0.05) is 0 Å². The summed E-state index contributed by atoms with van der Waals surface area (Å²) >= 11 is 0. The van der Waals surface area contributed by atoms with E-state index in [1.807, 2.05) is 16.7 Å². The Hall–Kier alpha value is -1.10. The van der Waals surface area contributed by atoms with Crippen LogP contribution in [0.4, 0.5) is 0 Å². The lowest BCUT2D eigenvalue weighted by Gasteiger charge is -2.26. The zero-order valence-corrected chi connectivity index (χ0v) is 9.27. The molecule has 0 aromatic rings. The lowest BCUT2D eigenvalue weighted by Crippen LogP contribution is -2.41. The van der Waals surface area contributed by atoms with Crippen molar-refractivity contribution in [3.63, 3.8) is 0 Å². The molecule has 0 radical (unpaired) electrons. The van der Waals surface area contributed by atoms with Crippen LogP contribution in [0.5, 0.6) is 0 Å². The molecule has 0 unspecified atom stereocenters. The maximum Gasteiger partial charge on any atom is 0.317 e. The number of carboxylic acid groups (broad SMARTS) is 1. The Morgan fingerprint density at radius 3 is 2.67 bits per heavy atom. The molecular formula is C10H18N2O3. The van der Waals surface area contributed by atoms with E-state index in [-0.39, 0.29) is 18.5 Å². The molecule has 1 saturated heterocycles. The molecule has 1 amide bonds. The number of rotatable bonds is 4. The van der Waals surface area contributed by atoms with Crippen molar-refractivity contribution in [1.29, 1.82) is 0 Å². The summed E-state index contributed by atoms with van der Waals surface area (Å²) in [7, 11) is 0. The standard InChI is InChI=1S/C10H18N2O3/c1-3-12(8(2)13)9-4-5-11(6-9)7-10(14)15/h9H,3-7H2,1-2H3,(H,14,15)/t9-/m1/s1. The van der Waals surface area contributed by atoms with Gasteiger partial charge < -0.3 is 10.0 Å². The Labute approximate surface area is 89.7 Å². The first kappa shape index (κ1) is 12.0. The van der Waals surface area contributed by atoms with E-state index in [9.17, 15) is 9.59 Å². The predicted molar refractivity (Wildman–Crippen MR) is 55.5 cm³/mol. The molecule has 86 valence electrons. The van der Waals surface area contributed by atoms with Crippen molar-refractivity contribution in [2.75, 3.05) is 26.2 Å². The number of likely N-dealkylation sites (N-methyl/N-ethyl adjacent to an activating group) is 1. The number of carbonyl (C=O) groups is 2. The van der Waals surface area contributed by atoms with E-state index < -0.39 is 5.97 Å². The number of aliphatic carboxylic acids is 1. The Balaban J connectivity index is 2.47. The van der Waals surface area contributed by atoms with Crippen LogP contribution in [0.2, 0.25) is 0 Å². The molecule has 0 aliphatic carbocycles. The van der Waals surface area contributed by atoms with Crippen LogP contribution in [0.25, 0.3) is 0 Å². The molecule has 0 aromatic heterocycles. The molecule has 1 fully saturated rings. The lowest BCUT2D eigenvalue weighted by atomic mass is 10.2. The number of carbonyl (C=O) groups excluding carboxylic acids is 1. The second-order valence-corrected chi connectivity index (χ2v) is 3.88. The number of carboxylic acids is 1. The summed E-state index contributed by atoms with van der Waals surface area (Å²) in [5.74, 6) is -0.735. The first-order valence-corrected chi connectivity index (χ1v) is 5.26. The fourth-order valence-electron chi connectivity index (χ4n) is 2.14. The van der Waals surface area contributed by atoms with E-state index in [1.54, 1.807) is 6.92 Å². The van der Waals surface area contributed by atoms with Gasteiger partial charge in [0.2, 0.25) is 5.91 Å². The Bertz CT molecular complexity index is 255. The lowest BCUT2D eigenvalue weighted by molar-refractivity contribution is -0.138. The van der Waals surface area contributed by atoms with Gasteiger partial charge in [0.15, 0.2) is 0 Å². The van der Waals surface area contributed by atoms with E-state index in [1.165, 1.54) is 0 Å². The van der Waals surface area contributed by atoms with E-state index in [0.717, 1.165) is 13.0 Å². The van der Waals surface area contributed by atoms with Gasteiger partial charge in [-0.2, -0.15) is 0 Å². The smallest absolute Gasteiger partial charge is 0.317 e. The fourth-order valence-corrected chi connectivity index (χ4v) is 2.14.